The molecule has 38 heavy (non-hydrogen) atoms. The third-order valence-electron chi connectivity index (χ3n) is 8.17. The zero-order chi connectivity index (χ0) is 28.3. The number of Topliss-reactive ketones (excluding diaryl/α,β-unsaturated/α-hetero) is 2. The van der Waals surface area contributed by atoms with Gasteiger partial charge < -0.3 is 26.2 Å². The number of carbonyl (C=O) groups is 3. The molecule has 4 atom stereocenters. The van der Waals surface area contributed by atoms with Gasteiger partial charge in [-0.15, -0.1) is 0 Å². The van der Waals surface area contributed by atoms with Gasteiger partial charge in [-0.3, -0.25) is 24.2 Å². The van der Waals surface area contributed by atoms with Gasteiger partial charge in [0, 0.05) is 24.6 Å². The molecule has 206 valence electrons. The first-order chi connectivity index (χ1) is 17.7. The van der Waals surface area contributed by atoms with Gasteiger partial charge in [0.25, 0.3) is 5.91 Å². The van der Waals surface area contributed by atoms with Gasteiger partial charge in [-0.25, -0.2) is 0 Å². The van der Waals surface area contributed by atoms with Crippen LogP contribution >= 0.6 is 0 Å². The Kier molecular flexibility index (Phi) is 7.20. The van der Waals surface area contributed by atoms with Crippen molar-refractivity contribution in [1.82, 2.24) is 9.80 Å². The van der Waals surface area contributed by atoms with Crippen LogP contribution in [0.5, 0.6) is 5.75 Å². The van der Waals surface area contributed by atoms with Gasteiger partial charge in [-0.2, -0.15) is 0 Å². The Bertz CT molecular complexity index is 1270. The molecule has 0 unspecified atom stereocenters. The number of nitrogens with two attached hydrogens (primary N) is 1. The van der Waals surface area contributed by atoms with E-state index in [0.29, 0.717) is 18.0 Å². The third-order valence-corrected chi connectivity index (χ3v) is 8.17. The largest absolute Gasteiger partial charge is 0.508 e. The molecule has 1 saturated carbocycles. The molecule has 0 heterocycles. The number of fused-ring (bicyclic) bond motifs is 3. The first-order valence-electron chi connectivity index (χ1n) is 13.0. The van der Waals surface area contributed by atoms with E-state index >= 15 is 0 Å². The number of aromatic hydroxyl groups is 1. The number of phenols is 1. The van der Waals surface area contributed by atoms with Gasteiger partial charge in [0.1, 0.15) is 22.8 Å². The summed E-state index contributed by atoms with van der Waals surface area (Å²) in [6.45, 7) is 8.57. The zero-order valence-electron chi connectivity index (χ0n) is 22.5. The van der Waals surface area contributed by atoms with E-state index in [9.17, 15) is 34.8 Å². The summed E-state index contributed by atoms with van der Waals surface area (Å²) < 4.78 is 0. The summed E-state index contributed by atoms with van der Waals surface area (Å²) in [5, 5.41) is 44.7. The molecular formula is C28H37N3O7. The van der Waals surface area contributed by atoms with Crippen LogP contribution in [-0.2, 0) is 27.3 Å². The molecule has 0 bridgehead atoms. The predicted octanol–water partition coefficient (Wildman–Crippen LogP) is 1.44. The van der Waals surface area contributed by atoms with E-state index in [1.54, 1.807) is 14.1 Å². The summed E-state index contributed by atoms with van der Waals surface area (Å²) in [6, 6.07) is 2.19. The maximum atomic E-state index is 13.9. The Morgan fingerprint density at radius 2 is 1.84 bits per heavy atom. The molecule has 1 amide bonds. The number of benzene rings is 1. The Labute approximate surface area is 222 Å². The first kappa shape index (κ1) is 27.8. The Morgan fingerprint density at radius 1 is 1.18 bits per heavy atom. The molecule has 0 aliphatic heterocycles. The number of phenolic OH excluding ortho intramolecular Hbond substituents is 1. The average molecular weight is 528 g/mol. The first-order valence-corrected chi connectivity index (χ1v) is 13.0. The summed E-state index contributed by atoms with van der Waals surface area (Å²) in [4.78, 5) is 42.9. The highest BCUT2D eigenvalue weighted by Crippen LogP contribution is 2.53. The number of rotatable bonds is 7. The van der Waals surface area contributed by atoms with E-state index in [1.165, 1.54) is 11.0 Å². The van der Waals surface area contributed by atoms with Gasteiger partial charge >= 0.3 is 0 Å². The average Bonchev–Trinajstić information content (AvgIpc) is 2.81. The molecule has 1 aromatic rings. The number of likely N-dealkylation sites (N-methyl/N-ethyl adjacent to an activating group) is 1. The Morgan fingerprint density at radius 3 is 2.39 bits per heavy atom. The second-order valence-electron chi connectivity index (χ2n) is 11.3. The van der Waals surface area contributed by atoms with Gasteiger partial charge in [-0.1, -0.05) is 26.8 Å². The maximum Gasteiger partial charge on any atom is 0.255 e. The number of ketones is 2. The number of aliphatic hydroxyl groups is 3. The van der Waals surface area contributed by atoms with Crippen LogP contribution in [0.25, 0.3) is 5.76 Å². The van der Waals surface area contributed by atoms with Crippen molar-refractivity contribution < 1.29 is 34.8 Å². The SMILES string of the molecule is CCN(Cc1ccc(O)c2c1C[C@H]1C[C@H]3[C@H](N(C)C)C(=O)C(C(N)=O)=C(O)[C@@]3(O)C(=O)C1=C2O)CC(C)C. The van der Waals surface area contributed by atoms with E-state index in [0.717, 1.165) is 18.7 Å². The van der Waals surface area contributed by atoms with E-state index in [-0.39, 0.29) is 29.7 Å². The van der Waals surface area contributed by atoms with Crippen LogP contribution in [0.1, 0.15) is 43.9 Å². The highest BCUT2D eigenvalue weighted by atomic mass is 16.3. The van der Waals surface area contributed by atoms with Gasteiger partial charge in [0.2, 0.25) is 5.78 Å². The van der Waals surface area contributed by atoms with Crippen molar-refractivity contribution in [2.75, 3.05) is 27.2 Å². The Balaban J connectivity index is 1.88. The smallest absolute Gasteiger partial charge is 0.255 e. The molecule has 0 aromatic heterocycles. The maximum absolute atomic E-state index is 13.9. The third kappa shape index (κ3) is 4.11. The number of carbonyl (C=O) groups excluding carboxylic acids is 3. The van der Waals surface area contributed by atoms with Crippen LogP contribution in [-0.4, -0.2) is 86.5 Å². The molecule has 1 fully saturated rings. The summed E-state index contributed by atoms with van der Waals surface area (Å²) in [5.41, 5.74) is 3.51. The van der Waals surface area contributed by atoms with Crippen molar-refractivity contribution in [2.24, 2.45) is 23.5 Å². The summed E-state index contributed by atoms with van der Waals surface area (Å²) in [6.07, 6.45) is 0.363. The van der Waals surface area contributed by atoms with E-state index in [4.69, 9.17) is 5.73 Å². The van der Waals surface area contributed by atoms with Crippen molar-refractivity contribution >= 4 is 23.2 Å². The summed E-state index contributed by atoms with van der Waals surface area (Å²) >= 11 is 0. The van der Waals surface area contributed by atoms with E-state index in [2.05, 4.69) is 25.7 Å². The Hall–Kier alpha value is -3.21. The molecule has 4 rings (SSSR count). The molecule has 3 aliphatic rings. The molecule has 3 aliphatic carbocycles. The van der Waals surface area contributed by atoms with Crippen LogP contribution < -0.4 is 5.73 Å². The zero-order valence-corrected chi connectivity index (χ0v) is 22.5. The number of hydrogen-bond acceptors (Lipinski definition) is 9. The number of amides is 1. The van der Waals surface area contributed by atoms with Crippen LogP contribution in [0.15, 0.2) is 29.0 Å². The standard InChI is InChI=1S/C28H37N3O7/c1-6-31(11-13(2)3)12-14-7-8-18(32)20-16(14)9-15-10-17-22(30(4)5)24(34)21(27(29)37)26(36)28(17,38)25(35)19(15)23(20)33/h7-8,13,15,17,22,32-33,36,38H,6,9-12H2,1-5H3,(H2,29,37)/t15-,17-,22-,28-/m0/s1. The topological polar surface area (TPSA) is 165 Å². The molecular weight excluding hydrogens is 490 g/mol. The quantitative estimate of drug-likeness (QED) is 0.330. The van der Waals surface area contributed by atoms with Crippen molar-refractivity contribution in [3.05, 3.63) is 45.7 Å². The lowest BCUT2D eigenvalue weighted by Gasteiger charge is -2.50. The lowest BCUT2D eigenvalue weighted by atomic mass is 9.57. The number of nitrogens with zero attached hydrogens (tertiary/aromatic N) is 2. The fourth-order valence-corrected chi connectivity index (χ4v) is 6.52. The predicted molar refractivity (Wildman–Crippen MR) is 140 cm³/mol. The number of aliphatic hydroxyl groups excluding tert-OH is 2. The molecule has 0 saturated heterocycles. The normalized spacial score (nSPS) is 27.2. The summed E-state index contributed by atoms with van der Waals surface area (Å²) in [7, 11) is 3.16. The van der Waals surface area contributed by atoms with Gasteiger partial charge in [-0.05, 0) is 62.5 Å². The molecule has 10 nitrogen and oxygen atoms in total. The van der Waals surface area contributed by atoms with Crippen LogP contribution in [0.2, 0.25) is 0 Å². The van der Waals surface area contributed by atoms with E-state index in [1.807, 2.05) is 6.07 Å². The van der Waals surface area contributed by atoms with Gasteiger partial charge in [0.05, 0.1) is 11.6 Å². The molecule has 0 radical (unpaired) electrons. The minimum Gasteiger partial charge on any atom is -0.508 e. The highest BCUT2D eigenvalue weighted by Gasteiger charge is 2.64. The molecule has 10 heteroatoms. The van der Waals surface area contributed by atoms with Crippen molar-refractivity contribution in [2.45, 2.75) is 51.8 Å². The van der Waals surface area contributed by atoms with E-state index < -0.39 is 58.0 Å². The van der Waals surface area contributed by atoms with Crippen molar-refractivity contribution in [3.8, 4) is 5.75 Å². The summed E-state index contributed by atoms with van der Waals surface area (Å²) in [5.74, 6) is -6.01. The fourth-order valence-electron chi connectivity index (χ4n) is 6.52. The van der Waals surface area contributed by atoms with Crippen LogP contribution in [0.3, 0.4) is 0 Å². The second kappa shape index (κ2) is 9.83. The fraction of sp³-hybridized carbons (Fsp3) is 0.536. The van der Waals surface area contributed by atoms with Crippen LogP contribution in [0.4, 0.5) is 0 Å². The van der Waals surface area contributed by atoms with Crippen molar-refractivity contribution in [3.63, 3.8) is 0 Å². The number of primary amides is 1. The molecule has 0 spiro atoms. The minimum atomic E-state index is -2.63. The van der Waals surface area contributed by atoms with Crippen molar-refractivity contribution in [1.29, 1.82) is 0 Å². The molecule has 6 N–H and O–H groups in total. The van der Waals surface area contributed by atoms with Crippen LogP contribution in [0, 0.1) is 17.8 Å². The molecule has 1 aromatic carbocycles. The lowest BCUT2D eigenvalue weighted by molar-refractivity contribution is -0.153. The highest BCUT2D eigenvalue weighted by molar-refractivity contribution is 6.24. The minimum absolute atomic E-state index is 0.0738. The lowest BCUT2D eigenvalue weighted by Crippen LogP contribution is -2.65. The monoisotopic (exact) mass is 527 g/mol. The second-order valence-corrected chi connectivity index (χ2v) is 11.3. The van der Waals surface area contributed by atoms with Gasteiger partial charge in [0.15, 0.2) is 11.4 Å². The number of hydrogen-bond donors (Lipinski definition) is 5.